The van der Waals surface area contributed by atoms with Crippen molar-refractivity contribution >= 4 is 16.7 Å². The molecule has 0 N–H and O–H groups in total. The van der Waals surface area contributed by atoms with Gasteiger partial charge in [-0.05, 0) is 24.0 Å². The minimum Gasteiger partial charge on any atom is -0.294 e. The van der Waals surface area contributed by atoms with Crippen LogP contribution in [-0.2, 0) is 6.42 Å². The van der Waals surface area contributed by atoms with Gasteiger partial charge < -0.3 is 0 Å². The van der Waals surface area contributed by atoms with E-state index in [1.54, 1.807) is 0 Å². The molecule has 0 aliphatic heterocycles. The number of ketones is 1. The van der Waals surface area contributed by atoms with Crippen molar-refractivity contribution in [1.82, 2.24) is 4.98 Å². The van der Waals surface area contributed by atoms with E-state index >= 15 is 0 Å². The summed E-state index contributed by atoms with van der Waals surface area (Å²) in [6.07, 6.45) is 1.51. The number of rotatable bonds is 0. The lowest BCUT2D eigenvalue weighted by Gasteiger charge is -2.29. The Morgan fingerprint density at radius 2 is 1.94 bits per heavy atom. The third kappa shape index (κ3) is 1.74. The van der Waals surface area contributed by atoms with Crippen LogP contribution in [0.2, 0.25) is 0 Å². The minimum atomic E-state index is 0.0412. The zero-order valence-corrected chi connectivity index (χ0v) is 10.2. The molecule has 2 nitrogen and oxygen atoms in total. The molecule has 0 saturated heterocycles. The molecule has 1 aromatic carbocycles. The Bertz CT molecular complexity index is 613. The predicted octanol–water partition coefficient (Wildman–Crippen LogP) is 3.39. The van der Waals surface area contributed by atoms with E-state index < -0.39 is 0 Å². The van der Waals surface area contributed by atoms with Crippen molar-refractivity contribution in [2.24, 2.45) is 5.41 Å². The van der Waals surface area contributed by atoms with Crippen LogP contribution in [0.1, 0.15) is 36.3 Å². The zero-order chi connectivity index (χ0) is 12.0. The number of carbonyl (C=O) groups excluding carboxylic acids is 1. The highest BCUT2D eigenvalue weighted by Gasteiger charge is 2.31. The molecule has 2 heteroatoms. The molecule has 1 aromatic heterocycles. The van der Waals surface area contributed by atoms with Crippen LogP contribution in [-0.4, -0.2) is 10.8 Å². The number of benzene rings is 1. The molecule has 0 bridgehead atoms. The Labute approximate surface area is 101 Å². The maximum Gasteiger partial charge on any atom is 0.165 e. The fourth-order valence-corrected chi connectivity index (χ4v) is 2.58. The van der Waals surface area contributed by atoms with Gasteiger partial charge in [0.1, 0.15) is 0 Å². The van der Waals surface area contributed by atoms with Gasteiger partial charge in [-0.1, -0.05) is 32.0 Å². The first kappa shape index (κ1) is 10.5. The molecule has 0 amide bonds. The molecule has 86 valence electrons. The summed E-state index contributed by atoms with van der Waals surface area (Å²) < 4.78 is 0. The predicted molar refractivity (Wildman–Crippen MR) is 68.2 cm³/mol. The van der Waals surface area contributed by atoms with Crippen molar-refractivity contribution in [3.8, 4) is 0 Å². The van der Waals surface area contributed by atoms with Gasteiger partial charge in [0.15, 0.2) is 5.78 Å². The second kappa shape index (κ2) is 3.39. The van der Waals surface area contributed by atoms with Gasteiger partial charge in [0.05, 0.1) is 11.2 Å². The Balaban J connectivity index is 2.25. The molecule has 0 atom stereocenters. The molecule has 0 spiro atoms. The molecule has 0 unspecified atom stereocenters. The Morgan fingerprint density at radius 3 is 2.76 bits per heavy atom. The van der Waals surface area contributed by atoms with Gasteiger partial charge in [0, 0.05) is 17.4 Å². The first-order valence-electron chi connectivity index (χ1n) is 5.97. The zero-order valence-electron chi connectivity index (χ0n) is 10.2. The molecule has 0 saturated carbocycles. The summed E-state index contributed by atoms with van der Waals surface area (Å²) in [5.74, 6) is 0.231. The van der Waals surface area contributed by atoms with E-state index in [2.05, 4.69) is 18.8 Å². The summed E-state index contributed by atoms with van der Waals surface area (Å²) in [4.78, 5) is 16.7. The lowest BCUT2D eigenvalue weighted by molar-refractivity contribution is 0.0910. The molecular formula is C15H15NO. The van der Waals surface area contributed by atoms with Gasteiger partial charge in [-0.15, -0.1) is 0 Å². The van der Waals surface area contributed by atoms with Gasteiger partial charge in [0.2, 0.25) is 0 Å². The number of pyridine rings is 1. The van der Waals surface area contributed by atoms with Gasteiger partial charge in [-0.2, -0.15) is 0 Å². The molecule has 0 fully saturated rings. The van der Waals surface area contributed by atoms with Crippen LogP contribution in [0, 0.1) is 5.41 Å². The van der Waals surface area contributed by atoms with Crippen molar-refractivity contribution < 1.29 is 4.79 Å². The molecule has 1 heterocycles. The number of hydrogen-bond acceptors (Lipinski definition) is 2. The smallest absolute Gasteiger partial charge is 0.165 e. The van der Waals surface area contributed by atoms with Gasteiger partial charge in [-0.3, -0.25) is 9.78 Å². The van der Waals surface area contributed by atoms with Crippen LogP contribution in [0.5, 0.6) is 0 Å². The van der Waals surface area contributed by atoms with E-state index in [1.807, 2.05) is 30.3 Å². The summed E-state index contributed by atoms with van der Waals surface area (Å²) in [5, 5.41) is 1.05. The van der Waals surface area contributed by atoms with Crippen LogP contribution in [0.15, 0.2) is 30.3 Å². The lowest BCUT2D eigenvalue weighted by atomic mass is 9.75. The highest BCUT2D eigenvalue weighted by atomic mass is 16.1. The van der Waals surface area contributed by atoms with Crippen molar-refractivity contribution in [3.05, 3.63) is 41.6 Å². The number of aromatic nitrogens is 1. The maximum atomic E-state index is 12.1. The van der Waals surface area contributed by atoms with Crippen LogP contribution in [0.25, 0.3) is 10.9 Å². The molecule has 17 heavy (non-hydrogen) atoms. The van der Waals surface area contributed by atoms with Gasteiger partial charge in [-0.25, -0.2) is 0 Å². The third-order valence-corrected chi connectivity index (χ3v) is 3.39. The minimum absolute atomic E-state index is 0.0412. The summed E-state index contributed by atoms with van der Waals surface area (Å²) in [7, 11) is 0. The molecule has 3 rings (SSSR count). The average molecular weight is 225 g/mol. The number of carbonyl (C=O) groups is 1. The van der Waals surface area contributed by atoms with Crippen molar-refractivity contribution in [2.75, 3.05) is 0 Å². The largest absolute Gasteiger partial charge is 0.294 e. The maximum absolute atomic E-state index is 12.1. The second-order valence-electron chi connectivity index (χ2n) is 5.62. The number of para-hydroxylation sites is 1. The summed E-state index contributed by atoms with van der Waals surface area (Å²) in [6.45, 7) is 4.26. The first-order valence-corrected chi connectivity index (χ1v) is 5.97. The fourth-order valence-electron chi connectivity index (χ4n) is 2.58. The summed E-state index contributed by atoms with van der Waals surface area (Å²) in [6, 6.07) is 9.97. The average Bonchev–Trinajstić information content (AvgIpc) is 2.25. The van der Waals surface area contributed by atoms with E-state index in [1.165, 1.54) is 0 Å². The topological polar surface area (TPSA) is 30.0 Å². The van der Waals surface area contributed by atoms with Gasteiger partial charge in [0.25, 0.3) is 0 Å². The molecule has 1 aliphatic rings. The van der Waals surface area contributed by atoms with E-state index in [0.717, 1.165) is 28.6 Å². The highest BCUT2D eigenvalue weighted by molar-refractivity contribution is 6.01. The van der Waals surface area contributed by atoms with Crippen LogP contribution >= 0.6 is 0 Å². The van der Waals surface area contributed by atoms with Crippen molar-refractivity contribution in [3.63, 3.8) is 0 Å². The highest BCUT2D eigenvalue weighted by Crippen LogP contribution is 2.34. The number of Topliss-reactive ketones (excluding diaryl/α,β-unsaturated/α-hetero) is 1. The molecule has 2 aromatic rings. The Hall–Kier alpha value is -1.70. The number of nitrogens with zero attached hydrogens (tertiary/aromatic N) is 1. The number of fused-ring (bicyclic) bond motifs is 2. The lowest BCUT2D eigenvalue weighted by Crippen LogP contribution is -2.27. The fraction of sp³-hybridized carbons (Fsp3) is 0.333. The van der Waals surface area contributed by atoms with E-state index in [9.17, 15) is 4.79 Å². The van der Waals surface area contributed by atoms with Gasteiger partial charge >= 0.3 is 0 Å². The summed E-state index contributed by atoms with van der Waals surface area (Å²) in [5.41, 5.74) is 2.81. The quantitative estimate of drug-likeness (QED) is 0.688. The normalized spacial score (nSPS) is 18.1. The first-order chi connectivity index (χ1) is 8.05. The molecule has 0 radical (unpaired) electrons. The monoisotopic (exact) mass is 225 g/mol. The number of hydrogen-bond donors (Lipinski definition) is 0. The van der Waals surface area contributed by atoms with Crippen LogP contribution in [0.3, 0.4) is 0 Å². The van der Waals surface area contributed by atoms with E-state index in [0.29, 0.717) is 6.42 Å². The SMILES string of the molecule is CC1(C)CC(=O)c2cc3ccccc3nc2C1. The van der Waals surface area contributed by atoms with E-state index in [-0.39, 0.29) is 11.2 Å². The van der Waals surface area contributed by atoms with Crippen LogP contribution in [0.4, 0.5) is 0 Å². The van der Waals surface area contributed by atoms with Crippen molar-refractivity contribution in [2.45, 2.75) is 26.7 Å². The molecular weight excluding hydrogens is 210 g/mol. The second-order valence-corrected chi connectivity index (χ2v) is 5.62. The Morgan fingerprint density at radius 1 is 1.18 bits per heavy atom. The Kier molecular flexibility index (Phi) is 2.09. The standard InChI is InChI=1S/C15H15NO/c1-15(2)8-13-11(14(17)9-15)7-10-5-3-4-6-12(10)16-13/h3-7H,8-9H2,1-2H3. The molecule has 1 aliphatic carbocycles. The van der Waals surface area contributed by atoms with E-state index in [4.69, 9.17) is 0 Å². The van der Waals surface area contributed by atoms with Crippen LogP contribution < -0.4 is 0 Å². The van der Waals surface area contributed by atoms with Crippen molar-refractivity contribution in [1.29, 1.82) is 0 Å². The summed E-state index contributed by atoms with van der Waals surface area (Å²) >= 11 is 0. The third-order valence-electron chi connectivity index (χ3n) is 3.39.